The normalized spacial score (nSPS) is 21.5. The lowest BCUT2D eigenvalue weighted by atomic mass is 9.98. The number of carbonyl (C=O) groups excluding carboxylic acids is 1. The van der Waals surface area contributed by atoms with Crippen molar-refractivity contribution >= 4 is 5.91 Å². The Morgan fingerprint density at radius 3 is 2.47 bits per heavy atom. The van der Waals surface area contributed by atoms with Crippen molar-refractivity contribution in [1.29, 1.82) is 0 Å². The van der Waals surface area contributed by atoms with Crippen LogP contribution in [0.2, 0.25) is 0 Å². The number of nitrogens with zero attached hydrogens (tertiary/aromatic N) is 2. The Balaban J connectivity index is 2.28. The molecule has 0 spiro atoms. The zero-order chi connectivity index (χ0) is 14.0. The molecule has 0 radical (unpaired) electrons. The van der Waals surface area contributed by atoms with Crippen molar-refractivity contribution in [2.75, 3.05) is 26.7 Å². The van der Waals surface area contributed by atoms with Crippen LogP contribution in [0, 0.1) is 0 Å². The van der Waals surface area contributed by atoms with E-state index in [1.165, 1.54) is 5.56 Å². The van der Waals surface area contributed by atoms with Gasteiger partial charge in [-0.1, -0.05) is 30.3 Å². The van der Waals surface area contributed by atoms with Crippen molar-refractivity contribution in [3.8, 4) is 0 Å². The molecule has 1 atom stereocenters. The predicted octanol–water partition coefficient (Wildman–Crippen LogP) is 1.24. The highest BCUT2D eigenvalue weighted by molar-refractivity contribution is 5.85. The van der Waals surface area contributed by atoms with Crippen molar-refractivity contribution < 1.29 is 4.79 Å². The minimum absolute atomic E-state index is 0.0226. The van der Waals surface area contributed by atoms with Crippen molar-refractivity contribution in [3.05, 3.63) is 35.9 Å². The number of amides is 1. The van der Waals surface area contributed by atoms with Crippen molar-refractivity contribution in [3.63, 3.8) is 0 Å². The lowest BCUT2D eigenvalue weighted by molar-refractivity contribution is -0.140. The first-order chi connectivity index (χ1) is 8.89. The molecule has 0 aromatic heterocycles. The molecule has 1 aliphatic rings. The second-order valence-electron chi connectivity index (χ2n) is 5.91. The highest BCUT2D eigenvalue weighted by Gasteiger charge is 2.35. The number of benzene rings is 1. The molecule has 4 nitrogen and oxygen atoms in total. The van der Waals surface area contributed by atoms with Crippen molar-refractivity contribution in [2.24, 2.45) is 5.73 Å². The molecule has 4 heteroatoms. The number of piperazine rings is 1. The highest BCUT2D eigenvalue weighted by atomic mass is 16.2. The molecule has 104 valence electrons. The van der Waals surface area contributed by atoms with Gasteiger partial charge in [0, 0.05) is 19.6 Å². The SMILES string of the molecule is CN1CCN(C(=O)C(C)(C)N)C(c2ccccc2)C1. The average molecular weight is 261 g/mol. The molecule has 0 aliphatic carbocycles. The first kappa shape index (κ1) is 14.0. The Morgan fingerprint density at radius 1 is 1.26 bits per heavy atom. The quantitative estimate of drug-likeness (QED) is 0.871. The topological polar surface area (TPSA) is 49.6 Å². The second kappa shape index (κ2) is 5.31. The smallest absolute Gasteiger partial charge is 0.242 e. The maximum atomic E-state index is 12.5. The third-order valence-corrected chi connectivity index (χ3v) is 3.58. The van der Waals surface area contributed by atoms with E-state index in [1.807, 2.05) is 23.1 Å². The van der Waals surface area contributed by atoms with E-state index in [9.17, 15) is 4.79 Å². The van der Waals surface area contributed by atoms with Gasteiger partial charge in [-0.3, -0.25) is 4.79 Å². The summed E-state index contributed by atoms with van der Waals surface area (Å²) in [4.78, 5) is 16.7. The lowest BCUT2D eigenvalue weighted by Gasteiger charge is -2.42. The van der Waals surface area contributed by atoms with Gasteiger partial charge in [-0.25, -0.2) is 0 Å². The zero-order valence-corrected chi connectivity index (χ0v) is 12.0. The van der Waals surface area contributed by atoms with Crippen LogP contribution in [0.5, 0.6) is 0 Å². The Labute approximate surface area is 115 Å². The van der Waals surface area contributed by atoms with Gasteiger partial charge in [0.1, 0.15) is 0 Å². The van der Waals surface area contributed by atoms with Gasteiger partial charge in [-0.2, -0.15) is 0 Å². The van der Waals surface area contributed by atoms with Crippen LogP contribution in [0.1, 0.15) is 25.5 Å². The van der Waals surface area contributed by atoms with Crippen molar-refractivity contribution in [2.45, 2.75) is 25.4 Å². The summed E-state index contributed by atoms with van der Waals surface area (Å²) in [6.45, 7) is 6.03. The molecule has 2 rings (SSSR count). The minimum atomic E-state index is -0.817. The van der Waals surface area contributed by atoms with Crippen molar-refractivity contribution in [1.82, 2.24) is 9.80 Å². The molecule has 1 aliphatic heterocycles. The van der Waals surface area contributed by atoms with Gasteiger partial charge in [0.2, 0.25) is 5.91 Å². The van der Waals surface area contributed by atoms with E-state index in [4.69, 9.17) is 5.73 Å². The van der Waals surface area contributed by atoms with Gasteiger partial charge in [0.05, 0.1) is 11.6 Å². The highest BCUT2D eigenvalue weighted by Crippen LogP contribution is 2.26. The summed E-state index contributed by atoms with van der Waals surface area (Å²) in [7, 11) is 2.09. The van der Waals surface area contributed by atoms with E-state index < -0.39 is 5.54 Å². The molecule has 19 heavy (non-hydrogen) atoms. The van der Waals surface area contributed by atoms with E-state index in [0.717, 1.165) is 19.6 Å². The molecule has 1 aromatic carbocycles. The molecule has 1 fully saturated rings. The maximum Gasteiger partial charge on any atom is 0.242 e. The molecule has 1 unspecified atom stereocenters. The molecule has 0 saturated carbocycles. The van der Waals surface area contributed by atoms with Crippen LogP contribution in [0.3, 0.4) is 0 Å². The standard InChI is InChI=1S/C15H23N3O/c1-15(2,16)14(19)18-10-9-17(3)11-13(18)12-7-5-4-6-8-12/h4-8,13H,9-11,16H2,1-3H3. The fraction of sp³-hybridized carbons (Fsp3) is 0.533. The van der Waals surface area contributed by atoms with Gasteiger partial charge in [0.15, 0.2) is 0 Å². The largest absolute Gasteiger partial charge is 0.331 e. The molecule has 1 amide bonds. The molecule has 1 heterocycles. The van der Waals surface area contributed by atoms with Crippen LogP contribution in [-0.4, -0.2) is 47.9 Å². The van der Waals surface area contributed by atoms with Crippen LogP contribution >= 0.6 is 0 Å². The molecule has 1 aromatic rings. The van der Waals surface area contributed by atoms with Crippen LogP contribution in [-0.2, 0) is 4.79 Å². The summed E-state index contributed by atoms with van der Waals surface area (Å²) in [5.41, 5.74) is 6.34. The van der Waals surface area contributed by atoms with Crippen LogP contribution < -0.4 is 5.73 Å². The Morgan fingerprint density at radius 2 is 1.89 bits per heavy atom. The Kier molecular flexibility index (Phi) is 3.92. The van der Waals surface area contributed by atoms with Crippen LogP contribution in [0.15, 0.2) is 30.3 Å². The minimum Gasteiger partial charge on any atom is -0.331 e. The zero-order valence-electron chi connectivity index (χ0n) is 12.0. The van der Waals surface area contributed by atoms with E-state index in [0.29, 0.717) is 0 Å². The maximum absolute atomic E-state index is 12.5. The number of hydrogen-bond acceptors (Lipinski definition) is 3. The van der Waals surface area contributed by atoms with E-state index in [2.05, 4.69) is 24.1 Å². The van der Waals surface area contributed by atoms with E-state index in [-0.39, 0.29) is 11.9 Å². The number of carbonyl (C=O) groups is 1. The predicted molar refractivity (Wildman–Crippen MR) is 76.7 cm³/mol. The Hall–Kier alpha value is -1.39. The van der Waals surface area contributed by atoms with Gasteiger partial charge < -0.3 is 15.5 Å². The first-order valence-corrected chi connectivity index (χ1v) is 6.73. The number of nitrogens with two attached hydrogens (primary N) is 1. The lowest BCUT2D eigenvalue weighted by Crippen LogP contribution is -2.57. The van der Waals surface area contributed by atoms with Gasteiger partial charge in [0.25, 0.3) is 0 Å². The van der Waals surface area contributed by atoms with Crippen LogP contribution in [0.4, 0.5) is 0 Å². The molecular weight excluding hydrogens is 238 g/mol. The van der Waals surface area contributed by atoms with Gasteiger partial charge in [-0.05, 0) is 26.5 Å². The summed E-state index contributed by atoms with van der Waals surface area (Å²) < 4.78 is 0. The molecule has 1 saturated heterocycles. The number of hydrogen-bond donors (Lipinski definition) is 1. The summed E-state index contributed by atoms with van der Waals surface area (Å²) in [5.74, 6) is 0.0226. The van der Waals surface area contributed by atoms with E-state index in [1.54, 1.807) is 13.8 Å². The van der Waals surface area contributed by atoms with E-state index >= 15 is 0 Å². The summed E-state index contributed by atoms with van der Waals surface area (Å²) in [6, 6.07) is 10.3. The monoisotopic (exact) mass is 261 g/mol. The first-order valence-electron chi connectivity index (χ1n) is 6.73. The van der Waals surface area contributed by atoms with Crippen LogP contribution in [0.25, 0.3) is 0 Å². The summed E-state index contributed by atoms with van der Waals surface area (Å²) >= 11 is 0. The van der Waals surface area contributed by atoms with Gasteiger partial charge >= 0.3 is 0 Å². The summed E-state index contributed by atoms with van der Waals surface area (Å²) in [5, 5.41) is 0. The second-order valence-corrected chi connectivity index (χ2v) is 5.91. The number of rotatable bonds is 2. The average Bonchev–Trinajstić information content (AvgIpc) is 2.38. The molecule has 0 bridgehead atoms. The fourth-order valence-electron chi connectivity index (χ4n) is 2.49. The third-order valence-electron chi connectivity index (χ3n) is 3.58. The van der Waals surface area contributed by atoms with Gasteiger partial charge in [-0.15, -0.1) is 0 Å². The Bertz CT molecular complexity index is 438. The third kappa shape index (κ3) is 3.14. The summed E-state index contributed by atoms with van der Waals surface area (Å²) in [6.07, 6.45) is 0. The molecular formula is C15H23N3O. The molecule has 2 N–H and O–H groups in total. The fourth-order valence-corrected chi connectivity index (χ4v) is 2.49. The number of likely N-dealkylation sites (N-methyl/N-ethyl adjacent to an activating group) is 1.